The third-order valence-corrected chi connectivity index (χ3v) is 4.62. The lowest BCUT2D eigenvalue weighted by atomic mass is 10.1. The number of aryl methyl sites for hydroxylation is 1. The largest absolute Gasteiger partial charge is 0.464 e. The minimum absolute atomic E-state index is 0.138. The van der Waals surface area contributed by atoms with E-state index in [2.05, 4.69) is 16.0 Å². The zero-order chi connectivity index (χ0) is 20.9. The molecule has 0 atom stereocenters. The number of urea groups is 1. The normalized spacial score (nSPS) is 10.6. The van der Waals surface area contributed by atoms with E-state index in [1.54, 1.807) is 30.5 Å². The maximum Gasteiger partial charge on any atom is 0.323 e. The highest BCUT2D eigenvalue weighted by atomic mass is 16.3. The average Bonchev–Trinajstić information content (AvgIpc) is 3.11. The summed E-state index contributed by atoms with van der Waals surface area (Å²) in [5.41, 5.74) is 4.72. The van der Waals surface area contributed by atoms with Crippen molar-refractivity contribution in [3.05, 3.63) is 90.2 Å². The monoisotopic (exact) mass is 399 g/mol. The van der Waals surface area contributed by atoms with E-state index in [9.17, 15) is 9.59 Å². The smallest absolute Gasteiger partial charge is 0.323 e. The Labute approximate surface area is 173 Å². The number of rotatable bonds is 5. The van der Waals surface area contributed by atoms with Crippen molar-refractivity contribution >= 4 is 40.0 Å². The first-order chi connectivity index (χ1) is 14.6. The van der Waals surface area contributed by atoms with Gasteiger partial charge < -0.3 is 20.4 Å². The summed E-state index contributed by atoms with van der Waals surface area (Å²) in [6, 6.07) is 21.7. The number of carbonyl (C=O) groups is 2. The molecule has 3 N–H and O–H groups in total. The van der Waals surface area contributed by atoms with Gasteiger partial charge in [-0.3, -0.25) is 4.79 Å². The van der Waals surface area contributed by atoms with Gasteiger partial charge >= 0.3 is 6.03 Å². The van der Waals surface area contributed by atoms with E-state index in [1.807, 2.05) is 55.5 Å². The predicted molar refractivity (Wildman–Crippen MR) is 119 cm³/mol. The summed E-state index contributed by atoms with van der Waals surface area (Å²) in [5.74, 6) is -0.138. The third kappa shape index (κ3) is 4.67. The molecule has 6 nitrogen and oxygen atoms in total. The molecule has 6 heteroatoms. The highest BCUT2D eigenvalue weighted by Crippen LogP contribution is 2.23. The van der Waals surface area contributed by atoms with Gasteiger partial charge in [0.1, 0.15) is 5.58 Å². The molecule has 0 bridgehead atoms. The molecule has 1 heterocycles. The van der Waals surface area contributed by atoms with Crippen molar-refractivity contribution in [2.45, 2.75) is 13.3 Å². The molecule has 0 saturated heterocycles. The van der Waals surface area contributed by atoms with Crippen LogP contribution in [0.2, 0.25) is 0 Å². The standard InChI is InChI=1S/C24H21N3O3/c1-16-7-12-21-17(15-30-22(21)13-16)14-23(28)25-19-8-10-20(11-9-19)27-24(29)26-18-5-3-2-4-6-18/h2-13,15H,14H2,1H3,(H,25,28)(H2,26,27,29). The number of furan rings is 1. The van der Waals surface area contributed by atoms with E-state index in [0.717, 1.165) is 22.1 Å². The van der Waals surface area contributed by atoms with Crippen molar-refractivity contribution in [1.82, 2.24) is 0 Å². The number of hydrogen-bond donors (Lipinski definition) is 3. The van der Waals surface area contributed by atoms with Crippen LogP contribution < -0.4 is 16.0 Å². The molecule has 0 aliphatic carbocycles. The van der Waals surface area contributed by atoms with Crippen LogP contribution in [0.4, 0.5) is 21.9 Å². The molecule has 0 aliphatic rings. The Morgan fingerprint density at radius 2 is 1.43 bits per heavy atom. The second-order valence-corrected chi connectivity index (χ2v) is 7.01. The van der Waals surface area contributed by atoms with E-state index >= 15 is 0 Å². The van der Waals surface area contributed by atoms with Crippen molar-refractivity contribution in [3.8, 4) is 0 Å². The van der Waals surface area contributed by atoms with Crippen LogP contribution in [0.5, 0.6) is 0 Å². The number of hydrogen-bond acceptors (Lipinski definition) is 3. The molecule has 0 unspecified atom stereocenters. The number of para-hydroxylation sites is 1. The number of amides is 3. The molecular weight excluding hydrogens is 378 g/mol. The van der Waals surface area contributed by atoms with E-state index < -0.39 is 0 Å². The minimum atomic E-state index is -0.333. The first-order valence-electron chi connectivity index (χ1n) is 9.56. The molecule has 3 amide bonds. The Morgan fingerprint density at radius 3 is 2.13 bits per heavy atom. The summed E-state index contributed by atoms with van der Waals surface area (Å²) in [4.78, 5) is 24.5. The second-order valence-electron chi connectivity index (χ2n) is 7.01. The summed E-state index contributed by atoms with van der Waals surface area (Å²) in [5, 5.41) is 9.32. The molecule has 150 valence electrons. The van der Waals surface area contributed by atoms with Crippen molar-refractivity contribution in [3.63, 3.8) is 0 Å². The Morgan fingerprint density at radius 1 is 0.800 bits per heavy atom. The van der Waals surface area contributed by atoms with Gasteiger partial charge in [0.25, 0.3) is 0 Å². The zero-order valence-corrected chi connectivity index (χ0v) is 16.4. The van der Waals surface area contributed by atoms with Crippen LogP contribution in [0.3, 0.4) is 0 Å². The number of fused-ring (bicyclic) bond motifs is 1. The fourth-order valence-corrected chi connectivity index (χ4v) is 3.16. The van der Waals surface area contributed by atoms with Gasteiger partial charge in [0.15, 0.2) is 0 Å². The van der Waals surface area contributed by atoms with Crippen molar-refractivity contribution in [1.29, 1.82) is 0 Å². The van der Waals surface area contributed by atoms with Gasteiger partial charge in [-0.2, -0.15) is 0 Å². The molecule has 0 radical (unpaired) electrons. The maximum atomic E-state index is 12.4. The van der Waals surface area contributed by atoms with Gasteiger partial charge in [0.05, 0.1) is 12.7 Å². The Bertz CT molecular complexity index is 1180. The molecule has 30 heavy (non-hydrogen) atoms. The first-order valence-corrected chi connectivity index (χ1v) is 9.56. The fourth-order valence-electron chi connectivity index (χ4n) is 3.16. The fraction of sp³-hybridized carbons (Fsp3) is 0.0833. The summed E-state index contributed by atoms with van der Waals surface area (Å²) < 4.78 is 5.55. The van der Waals surface area contributed by atoms with Crippen LogP contribution in [0.1, 0.15) is 11.1 Å². The number of benzene rings is 3. The minimum Gasteiger partial charge on any atom is -0.464 e. The van der Waals surface area contributed by atoms with Gasteiger partial charge in [0, 0.05) is 28.0 Å². The SMILES string of the molecule is Cc1ccc2c(CC(=O)Nc3ccc(NC(=O)Nc4ccccc4)cc3)coc2c1. The number of nitrogens with one attached hydrogen (secondary N) is 3. The average molecular weight is 399 g/mol. The topological polar surface area (TPSA) is 83.4 Å². The molecule has 0 aliphatic heterocycles. The third-order valence-electron chi connectivity index (χ3n) is 4.62. The molecule has 0 saturated carbocycles. The van der Waals surface area contributed by atoms with Gasteiger partial charge in [-0.05, 0) is 55.0 Å². The lowest BCUT2D eigenvalue weighted by molar-refractivity contribution is -0.115. The van der Waals surface area contributed by atoms with Gasteiger partial charge in [-0.15, -0.1) is 0 Å². The summed E-state index contributed by atoms with van der Waals surface area (Å²) in [6.45, 7) is 2.00. The summed E-state index contributed by atoms with van der Waals surface area (Å²) in [7, 11) is 0. The van der Waals surface area contributed by atoms with Crippen LogP contribution in [0, 0.1) is 6.92 Å². The predicted octanol–water partition coefficient (Wildman–Crippen LogP) is 5.57. The highest BCUT2D eigenvalue weighted by molar-refractivity contribution is 6.00. The van der Waals surface area contributed by atoms with E-state index in [1.165, 1.54) is 0 Å². The van der Waals surface area contributed by atoms with E-state index in [0.29, 0.717) is 17.1 Å². The summed E-state index contributed by atoms with van der Waals surface area (Å²) >= 11 is 0. The van der Waals surface area contributed by atoms with Crippen molar-refractivity contribution in [2.24, 2.45) is 0 Å². The number of anilines is 3. The molecule has 4 rings (SSSR count). The second kappa shape index (κ2) is 8.53. The van der Waals surface area contributed by atoms with Crippen LogP contribution in [0.15, 0.2) is 83.5 Å². The maximum absolute atomic E-state index is 12.4. The Kier molecular flexibility index (Phi) is 5.48. The lowest BCUT2D eigenvalue weighted by Gasteiger charge is -2.09. The Balaban J connectivity index is 1.33. The van der Waals surface area contributed by atoms with Crippen LogP contribution in [-0.4, -0.2) is 11.9 Å². The zero-order valence-electron chi connectivity index (χ0n) is 16.4. The van der Waals surface area contributed by atoms with Crippen LogP contribution >= 0.6 is 0 Å². The van der Waals surface area contributed by atoms with Crippen LogP contribution in [0.25, 0.3) is 11.0 Å². The van der Waals surface area contributed by atoms with Crippen molar-refractivity contribution in [2.75, 3.05) is 16.0 Å². The van der Waals surface area contributed by atoms with Gasteiger partial charge in [0.2, 0.25) is 5.91 Å². The van der Waals surface area contributed by atoms with Gasteiger partial charge in [-0.25, -0.2) is 4.79 Å². The molecule has 0 spiro atoms. The van der Waals surface area contributed by atoms with Crippen molar-refractivity contribution < 1.29 is 14.0 Å². The molecule has 4 aromatic rings. The van der Waals surface area contributed by atoms with Gasteiger partial charge in [-0.1, -0.05) is 30.3 Å². The molecule has 1 aromatic heterocycles. The van der Waals surface area contributed by atoms with Crippen LogP contribution in [-0.2, 0) is 11.2 Å². The lowest BCUT2D eigenvalue weighted by Crippen LogP contribution is -2.19. The Hall–Kier alpha value is -4.06. The van der Waals surface area contributed by atoms with E-state index in [4.69, 9.17) is 4.42 Å². The quantitative estimate of drug-likeness (QED) is 0.410. The molecule has 3 aromatic carbocycles. The van der Waals surface area contributed by atoms with E-state index in [-0.39, 0.29) is 18.4 Å². The molecular formula is C24H21N3O3. The molecule has 0 fully saturated rings. The highest BCUT2D eigenvalue weighted by Gasteiger charge is 2.11. The number of carbonyl (C=O) groups excluding carboxylic acids is 2. The summed E-state index contributed by atoms with van der Waals surface area (Å²) in [6.07, 6.45) is 1.84. The first kappa shape index (κ1) is 19.3.